The molecule has 0 aliphatic rings. The normalized spacial score (nSPS) is 11.0. The number of hydrogen-bond acceptors (Lipinski definition) is 6. The summed E-state index contributed by atoms with van der Waals surface area (Å²) < 4.78 is 30.1. The van der Waals surface area contributed by atoms with Gasteiger partial charge in [-0.1, -0.05) is 26.0 Å². The van der Waals surface area contributed by atoms with E-state index in [0.29, 0.717) is 11.3 Å². The second-order valence-corrected chi connectivity index (χ2v) is 8.39. The van der Waals surface area contributed by atoms with Crippen LogP contribution < -0.4 is 10.0 Å². The zero-order valence-corrected chi connectivity index (χ0v) is 17.1. The van der Waals surface area contributed by atoms with Crippen LogP contribution in [0, 0.1) is 5.92 Å². The van der Waals surface area contributed by atoms with Gasteiger partial charge < -0.3 is 10.1 Å². The van der Waals surface area contributed by atoms with E-state index in [9.17, 15) is 22.8 Å². The highest BCUT2D eigenvalue weighted by Gasteiger charge is 2.17. The molecule has 2 rings (SSSR count). The molecule has 2 aromatic carbocycles. The highest BCUT2D eigenvalue weighted by molar-refractivity contribution is 7.92. The fraction of sp³-hybridized carbons (Fsp3) is 0.250. The summed E-state index contributed by atoms with van der Waals surface area (Å²) >= 11 is 0. The molecule has 0 fully saturated rings. The minimum Gasteiger partial charge on any atom is -0.454 e. The van der Waals surface area contributed by atoms with Crippen LogP contribution in [0.15, 0.2) is 48.5 Å². The Kier molecular flexibility index (Phi) is 7.11. The predicted molar refractivity (Wildman–Crippen MR) is 109 cm³/mol. The van der Waals surface area contributed by atoms with E-state index < -0.39 is 28.4 Å². The first-order chi connectivity index (χ1) is 13.6. The Balaban J connectivity index is 2.01. The molecule has 154 valence electrons. The molecule has 29 heavy (non-hydrogen) atoms. The molecule has 0 saturated carbocycles. The van der Waals surface area contributed by atoms with Crippen molar-refractivity contribution in [3.63, 3.8) is 0 Å². The smallest absolute Gasteiger partial charge is 0.340 e. The Morgan fingerprint density at radius 1 is 1.00 bits per heavy atom. The average Bonchev–Trinajstić information content (AvgIpc) is 2.65. The van der Waals surface area contributed by atoms with Crippen LogP contribution >= 0.6 is 0 Å². The molecule has 8 nitrogen and oxygen atoms in total. The van der Waals surface area contributed by atoms with E-state index in [4.69, 9.17) is 4.74 Å². The number of benzene rings is 2. The topological polar surface area (TPSA) is 119 Å². The van der Waals surface area contributed by atoms with Crippen LogP contribution in [0.25, 0.3) is 0 Å². The number of ketones is 1. The maximum Gasteiger partial charge on any atom is 0.340 e. The van der Waals surface area contributed by atoms with Crippen LogP contribution in [-0.4, -0.2) is 38.9 Å². The van der Waals surface area contributed by atoms with Gasteiger partial charge in [0.05, 0.1) is 17.5 Å². The van der Waals surface area contributed by atoms with Crippen molar-refractivity contribution in [2.24, 2.45) is 5.92 Å². The van der Waals surface area contributed by atoms with Crippen molar-refractivity contribution in [1.29, 1.82) is 0 Å². The lowest BCUT2D eigenvalue weighted by Gasteiger charge is -2.10. The summed E-state index contributed by atoms with van der Waals surface area (Å²) in [7, 11) is -3.58. The molecule has 0 radical (unpaired) electrons. The number of hydrogen-bond donors (Lipinski definition) is 2. The standard InChI is InChI=1S/C20H22N2O6S/c1-13(2)19(24)21-15-10-8-14(9-11-15)18(23)12-28-20(25)16-6-4-5-7-17(16)22-29(3,26)27/h4-11,13,22H,12H2,1-3H3,(H,21,24). The Morgan fingerprint density at radius 2 is 1.62 bits per heavy atom. The fourth-order valence-corrected chi connectivity index (χ4v) is 2.85. The van der Waals surface area contributed by atoms with Gasteiger partial charge in [-0.15, -0.1) is 0 Å². The molecular formula is C20H22N2O6S. The summed E-state index contributed by atoms with van der Waals surface area (Å²) in [5.41, 5.74) is 0.927. The third-order valence-electron chi connectivity index (χ3n) is 3.78. The molecule has 9 heteroatoms. The highest BCUT2D eigenvalue weighted by atomic mass is 32.2. The number of amides is 1. The summed E-state index contributed by atoms with van der Waals surface area (Å²) in [6.45, 7) is 3.03. The predicted octanol–water partition coefficient (Wildman–Crippen LogP) is 2.69. The van der Waals surface area contributed by atoms with Gasteiger partial charge in [0.1, 0.15) is 0 Å². The zero-order valence-electron chi connectivity index (χ0n) is 16.3. The van der Waals surface area contributed by atoms with E-state index in [-0.39, 0.29) is 23.1 Å². The Labute approximate surface area is 169 Å². The van der Waals surface area contributed by atoms with E-state index >= 15 is 0 Å². The van der Waals surface area contributed by atoms with Crippen molar-refractivity contribution >= 4 is 39.1 Å². The number of Topliss-reactive ketones (excluding diaryl/α,β-unsaturated/α-hetero) is 1. The minimum atomic E-state index is -3.58. The summed E-state index contributed by atoms with van der Waals surface area (Å²) in [5.74, 6) is -1.57. The SMILES string of the molecule is CC(C)C(=O)Nc1ccc(C(=O)COC(=O)c2ccccc2NS(C)(=O)=O)cc1. The van der Waals surface area contributed by atoms with E-state index in [0.717, 1.165) is 6.26 Å². The first-order valence-corrected chi connectivity index (χ1v) is 10.6. The second-order valence-electron chi connectivity index (χ2n) is 6.64. The maximum absolute atomic E-state index is 12.3. The van der Waals surface area contributed by atoms with Crippen LogP contribution in [0.2, 0.25) is 0 Å². The number of para-hydroxylation sites is 1. The van der Waals surface area contributed by atoms with Crippen LogP contribution in [0.1, 0.15) is 34.6 Å². The Bertz CT molecular complexity index is 1010. The fourth-order valence-electron chi connectivity index (χ4n) is 2.27. The molecule has 0 unspecified atom stereocenters. The number of nitrogens with one attached hydrogen (secondary N) is 2. The molecule has 2 aromatic rings. The van der Waals surface area contributed by atoms with Crippen LogP contribution in [0.4, 0.5) is 11.4 Å². The van der Waals surface area contributed by atoms with Crippen molar-refractivity contribution in [2.45, 2.75) is 13.8 Å². The summed E-state index contributed by atoms with van der Waals surface area (Å²) in [6.07, 6.45) is 0.964. The van der Waals surface area contributed by atoms with Gasteiger partial charge in [0.15, 0.2) is 12.4 Å². The summed E-state index contributed by atoms with van der Waals surface area (Å²) in [5, 5.41) is 2.71. The maximum atomic E-state index is 12.3. The largest absolute Gasteiger partial charge is 0.454 e. The van der Waals surface area contributed by atoms with Crippen molar-refractivity contribution in [3.05, 3.63) is 59.7 Å². The molecule has 0 aliphatic heterocycles. The van der Waals surface area contributed by atoms with Crippen molar-refractivity contribution in [1.82, 2.24) is 0 Å². The number of esters is 1. The van der Waals surface area contributed by atoms with Crippen LogP contribution in [-0.2, 0) is 19.6 Å². The van der Waals surface area contributed by atoms with E-state index in [1.807, 2.05) is 0 Å². The molecule has 0 aliphatic carbocycles. The molecule has 0 atom stereocenters. The van der Waals surface area contributed by atoms with Gasteiger partial charge in [-0.05, 0) is 36.4 Å². The quantitative estimate of drug-likeness (QED) is 0.503. The summed E-state index contributed by atoms with van der Waals surface area (Å²) in [6, 6.07) is 12.1. The van der Waals surface area contributed by atoms with Crippen molar-refractivity contribution in [2.75, 3.05) is 22.9 Å². The Morgan fingerprint density at radius 3 is 2.21 bits per heavy atom. The molecule has 0 aromatic heterocycles. The molecule has 0 spiro atoms. The third-order valence-corrected chi connectivity index (χ3v) is 4.37. The van der Waals surface area contributed by atoms with E-state index in [1.54, 1.807) is 38.1 Å². The van der Waals surface area contributed by atoms with Gasteiger partial charge in [-0.3, -0.25) is 14.3 Å². The molecule has 2 N–H and O–H groups in total. The first-order valence-electron chi connectivity index (χ1n) is 8.75. The average molecular weight is 418 g/mol. The second kappa shape index (κ2) is 9.33. The molecule has 0 saturated heterocycles. The third kappa shape index (κ3) is 6.72. The van der Waals surface area contributed by atoms with Crippen molar-refractivity contribution < 1.29 is 27.5 Å². The lowest BCUT2D eigenvalue weighted by molar-refractivity contribution is -0.118. The lowest BCUT2D eigenvalue weighted by atomic mass is 10.1. The van der Waals surface area contributed by atoms with Gasteiger partial charge in [0, 0.05) is 17.2 Å². The lowest BCUT2D eigenvalue weighted by Crippen LogP contribution is -2.18. The van der Waals surface area contributed by atoms with E-state index in [2.05, 4.69) is 10.0 Å². The zero-order chi connectivity index (χ0) is 21.6. The van der Waals surface area contributed by atoms with Gasteiger partial charge in [-0.25, -0.2) is 13.2 Å². The number of sulfonamides is 1. The van der Waals surface area contributed by atoms with Gasteiger partial charge in [0.2, 0.25) is 15.9 Å². The monoisotopic (exact) mass is 418 g/mol. The van der Waals surface area contributed by atoms with Gasteiger partial charge >= 0.3 is 5.97 Å². The van der Waals surface area contributed by atoms with Gasteiger partial charge in [-0.2, -0.15) is 0 Å². The van der Waals surface area contributed by atoms with Crippen molar-refractivity contribution in [3.8, 4) is 0 Å². The number of rotatable bonds is 8. The van der Waals surface area contributed by atoms with Crippen LogP contribution in [0.3, 0.4) is 0 Å². The molecular weight excluding hydrogens is 396 g/mol. The Hall–Kier alpha value is -3.20. The molecule has 0 heterocycles. The highest BCUT2D eigenvalue weighted by Crippen LogP contribution is 2.18. The number of carbonyl (C=O) groups is 3. The van der Waals surface area contributed by atoms with E-state index in [1.165, 1.54) is 24.3 Å². The number of ether oxygens (including phenoxy) is 1. The van der Waals surface area contributed by atoms with Gasteiger partial charge in [0.25, 0.3) is 0 Å². The number of anilines is 2. The first kappa shape index (κ1) is 22.1. The summed E-state index contributed by atoms with van der Waals surface area (Å²) in [4.78, 5) is 36.2. The number of carbonyl (C=O) groups excluding carboxylic acids is 3. The molecule has 0 bridgehead atoms. The molecule has 1 amide bonds. The minimum absolute atomic E-state index is 0.00234. The van der Waals surface area contributed by atoms with Crippen LogP contribution in [0.5, 0.6) is 0 Å².